The van der Waals surface area contributed by atoms with E-state index in [9.17, 15) is 13.2 Å². The zero-order valence-electron chi connectivity index (χ0n) is 9.00. The van der Waals surface area contributed by atoms with Gasteiger partial charge in [0.2, 0.25) is 10.1 Å². The molecular weight excluding hydrogens is 253 g/mol. The summed E-state index contributed by atoms with van der Waals surface area (Å²) in [6.07, 6.45) is -1.34. The van der Waals surface area contributed by atoms with Gasteiger partial charge in [0.05, 0.1) is 0 Å². The summed E-state index contributed by atoms with van der Waals surface area (Å²) < 4.78 is 36.8. The van der Waals surface area contributed by atoms with E-state index in [1.807, 2.05) is 0 Å². The van der Waals surface area contributed by atoms with Gasteiger partial charge < -0.3 is 11.1 Å². The molecule has 96 valence electrons. The first-order valence-electron chi connectivity index (χ1n) is 5.37. The average Bonchev–Trinajstić information content (AvgIpc) is 2.82. The van der Waals surface area contributed by atoms with Crippen molar-refractivity contribution in [3.63, 3.8) is 0 Å². The van der Waals surface area contributed by atoms with Crippen LogP contribution in [0.5, 0.6) is 0 Å². The van der Waals surface area contributed by atoms with E-state index in [1.54, 1.807) is 0 Å². The number of rotatable bonds is 3. The van der Waals surface area contributed by atoms with E-state index < -0.39 is 11.2 Å². The Morgan fingerprint density at radius 3 is 2.65 bits per heavy atom. The van der Waals surface area contributed by atoms with Gasteiger partial charge in [-0.2, -0.15) is 13.2 Å². The number of hydrogen-bond donors (Lipinski definition) is 2. The van der Waals surface area contributed by atoms with Crippen LogP contribution in [-0.4, -0.2) is 22.8 Å². The number of hydrogen-bond acceptors (Lipinski definition) is 5. The lowest BCUT2D eigenvalue weighted by atomic mass is 10.1. The highest BCUT2D eigenvalue weighted by atomic mass is 32.1. The van der Waals surface area contributed by atoms with Gasteiger partial charge in [0, 0.05) is 12.6 Å². The summed E-state index contributed by atoms with van der Waals surface area (Å²) in [4.78, 5) is 0. The molecule has 17 heavy (non-hydrogen) atoms. The molecule has 1 aromatic heterocycles. The minimum Gasteiger partial charge on any atom is -0.360 e. The zero-order valence-corrected chi connectivity index (χ0v) is 9.81. The van der Waals surface area contributed by atoms with Crippen molar-refractivity contribution in [2.45, 2.75) is 31.5 Å². The molecule has 0 saturated heterocycles. The Morgan fingerprint density at radius 2 is 2.12 bits per heavy atom. The quantitative estimate of drug-likeness (QED) is 0.879. The van der Waals surface area contributed by atoms with Gasteiger partial charge in [0.15, 0.2) is 0 Å². The van der Waals surface area contributed by atoms with Gasteiger partial charge in [-0.05, 0) is 18.8 Å². The van der Waals surface area contributed by atoms with Crippen LogP contribution in [-0.2, 0) is 6.18 Å². The molecule has 8 heteroatoms. The Morgan fingerprint density at radius 1 is 1.35 bits per heavy atom. The lowest BCUT2D eigenvalue weighted by Gasteiger charge is -2.14. The lowest BCUT2D eigenvalue weighted by molar-refractivity contribution is -0.138. The molecule has 0 bridgehead atoms. The Bertz CT molecular complexity index is 379. The van der Waals surface area contributed by atoms with Gasteiger partial charge in [0.25, 0.3) is 0 Å². The summed E-state index contributed by atoms with van der Waals surface area (Å²) in [5, 5.41) is 8.73. The summed E-state index contributed by atoms with van der Waals surface area (Å²) in [6.45, 7) is 0.563. The molecule has 0 aliphatic heterocycles. The van der Waals surface area contributed by atoms with Gasteiger partial charge in [-0.15, -0.1) is 10.2 Å². The second-order valence-corrected chi connectivity index (χ2v) is 5.12. The van der Waals surface area contributed by atoms with Gasteiger partial charge >= 0.3 is 6.18 Å². The highest BCUT2D eigenvalue weighted by Gasteiger charge is 2.35. The van der Waals surface area contributed by atoms with Crippen molar-refractivity contribution < 1.29 is 13.2 Å². The first-order chi connectivity index (χ1) is 7.97. The first kappa shape index (κ1) is 12.6. The van der Waals surface area contributed by atoms with E-state index in [0.717, 1.165) is 19.3 Å². The Balaban J connectivity index is 1.89. The number of nitrogens with zero attached hydrogens (tertiary/aromatic N) is 2. The predicted molar refractivity (Wildman–Crippen MR) is 58.7 cm³/mol. The van der Waals surface area contributed by atoms with Crippen molar-refractivity contribution in [3.8, 4) is 0 Å². The van der Waals surface area contributed by atoms with Crippen molar-refractivity contribution in [2.75, 3.05) is 11.9 Å². The minimum absolute atomic E-state index is 0.137. The largest absolute Gasteiger partial charge is 0.445 e. The van der Waals surface area contributed by atoms with Crippen molar-refractivity contribution in [1.82, 2.24) is 10.2 Å². The molecule has 1 aromatic rings. The summed E-state index contributed by atoms with van der Waals surface area (Å²) in [5.41, 5.74) is 5.86. The second kappa shape index (κ2) is 4.77. The summed E-state index contributed by atoms with van der Waals surface area (Å²) in [7, 11) is 0. The molecule has 2 atom stereocenters. The minimum atomic E-state index is -4.42. The number of halogens is 3. The van der Waals surface area contributed by atoms with E-state index in [2.05, 4.69) is 15.5 Å². The molecule has 2 rings (SSSR count). The molecular formula is C9H13F3N4S. The van der Waals surface area contributed by atoms with Crippen LogP contribution in [0.15, 0.2) is 0 Å². The number of nitrogens with two attached hydrogens (primary N) is 1. The van der Waals surface area contributed by atoms with E-state index >= 15 is 0 Å². The number of anilines is 1. The highest BCUT2D eigenvalue weighted by Crippen LogP contribution is 2.33. The monoisotopic (exact) mass is 266 g/mol. The molecule has 0 spiro atoms. The standard InChI is InChI=1S/C9H13F3N4S/c10-9(11,12)7-15-16-8(17-7)14-4-5-2-1-3-6(5)13/h5-6H,1-4,13H2,(H,14,16). The van der Waals surface area contributed by atoms with Crippen molar-refractivity contribution >= 4 is 16.5 Å². The van der Waals surface area contributed by atoms with Crippen LogP contribution in [0.25, 0.3) is 0 Å². The SMILES string of the molecule is NC1CCCC1CNc1nnc(C(F)(F)F)s1. The van der Waals surface area contributed by atoms with Gasteiger partial charge in [-0.1, -0.05) is 17.8 Å². The van der Waals surface area contributed by atoms with E-state index in [-0.39, 0.29) is 11.2 Å². The Labute approximate surface area is 100 Å². The molecule has 1 aliphatic rings. The van der Waals surface area contributed by atoms with E-state index in [1.165, 1.54) is 0 Å². The van der Waals surface area contributed by atoms with Gasteiger partial charge in [-0.25, -0.2) is 0 Å². The molecule has 1 saturated carbocycles. The fourth-order valence-electron chi connectivity index (χ4n) is 1.95. The van der Waals surface area contributed by atoms with Crippen molar-refractivity contribution in [2.24, 2.45) is 11.7 Å². The molecule has 0 radical (unpaired) electrons. The Kier molecular flexibility index (Phi) is 3.53. The number of alkyl halides is 3. The van der Waals surface area contributed by atoms with Gasteiger partial charge in [-0.3, -0.25) is 0 Å². The van der Waals surface area contributed by atoms with E-state index in [0.29, 0.717) is 23.8 Å². The topological polar surface area (TPSA) is 63.8 Å². The summed E-state index contributed by atoms with van der Waals surface area (Å²) in [5.74, 6) is 0.313. The number of nitrogens with one attached hydrogen (secondary N) is 1. The second-order valence-electron chi connectivity index (χ2n) is 4.15. The Hall–Kier alpha value is -0.890. The highest BCUT2D eigenvalue weighted by molar-refractivity contribution is 7.15. The normalized spacial score (nSPS) is 25.2. The van der Waals surface area contributed by atoms with Crippen LogP contribution >= 0.6 is 11.3 Å². The third-order valence-electron chi connectivity index (χ3n) is 2.90. The molecule has 2 unspecified atom stereocenters. The summed E-state index contributed by atoms with van der Waals surface area (Å²) in [6, 6.07) is 0.137. The molecule has 1 fully saturated rings. The zero-order chi connectivity index (χ0) is 12.5. The van der Waals surface area contributed by atoms with Crippen molar-refractivity contribution in [3.05, 3.63) is 5.01 Å². The third kappa shape index (κ3) is 3.06. The fraction of sp³-hybridized carbons (Fsp3) is 0.778. The van der Waals surface area contributed by atoms with Crippen LogP contribution in [0.4, 0.5) is 18.3 Å². The molecule has 0 aromatic carbocycles. The van der Waals surface area contributed by atoms with Gasteiger partial charge in [0.1, 0.15) is 0 Å². The smallest absolute Gasteiger partial charge is 0.360 e. The lowest BCUT2D eigenvalue weighted by Crippen LogP contribution is -2.29. The van der Waals surface area contributed by atoms with E-state index in [4.69, 9.17) is 5.73 Å². The van der Waals surface area contributed by atoms with Crippen LogP contribution in [0.2, 0.25) is 0 Å². The van der Waals surface area contributed by atoms with Crippen molar-refractivity contribution in [1.29, 1.82) is 0 Å². The molecule has 1 heterocycles. The molecule has 3 N–H and O–H groups in total. The maximum Gasteiger partial charge on any atom is 0.445 e. The maximum atomic E-state index is 12.3. The van der Waals surface area contributed by atoms with Crippen LogP contribution < -0.4 is 11.1 Å². The number of aromatic nitrogens is 2. The first-order valence-corrected chi connectivity index (χ1v) is 6.18. The molecule has 4 nitrogen and oxygen atoms in total. The summed E-state index contributed by atoms with van der Waals surface area (Å²) >= 11 is 0.525. The van der Waals surface area contributed by atoms with Crippen LogP contribution in [0.3, 0.4) is 0 Å². The average molecular weight is 266 g/mol. The van der Waals surface area contributed by atoms with Crippen LogP contribution in [0, 0.1) is 5.92 Å². The fourth-order valence-corrected chi connectivity index (χ4v) is 2.56. The molecule has 0 amide bonds. The maximum absolute atomic E-state index is 12.3. The van der Waals surface area contributed by atoms with Crippen LogP contribution in [0.1, 0.15) is 24.3 Å². The molecule has 1 aliphatic carbocycles. The third-order valence-corrected chi connectivity index (χ3v) is 3.83. The predicted octanol–water partition coefficient (Wildman–Crippen LogP) is 2.10.